The summed E-state index contributed by atoms with van der Waals surface area (Å²) in [5, 5.41) is 5.04. The molecule has 0 spiro atoms. The van der Waals surface area contributed by atoms with Crippen LogP contribution in [0.3, 0.4) is 0 Å². The molecule has 1 aromatic heterocycles. The highest BCUT2D eigenvalue weighted by Gasteiger charge is 2.32. The Morgan fingerprint density at radius 1 is 1.26 bits per heavy atom. The summed E-state index contributed by atoms with van der Waals surface area (Å²) in [5.41, 5.74) is -0.349. The second-order valence-corrected chi connectivity index (χ2v) is 11.7. The van der Waals surface area contributed by atoms with E-state index in [2.05, 4.69) is 10.3 Å². The Bertz CT molecular complexity index is 1030. The van der Waals surface area contributed by atoms with E-state index in [1.54, 1.807) is 61.9 Å². The molecule has 0 saturated carbocycles. The lowest BCUT2D eigenvalue weighted by molar-refractivity contribution is 0.102. The molecule has 0 fully saturated rings. The Morgan fingerprint density at radius 2 is 2.00 bits per heavy atom. The zero-order chi connectivity index (χ0) is 22.6. The van der Waals surface area contributed by atoms with Crippen molar-refractivity contribution in [2.75, 3.05) is 5.32 Å². The van der Waals surface area contributed by atoms with Gasteiger partial charge in [-0.15, -0.1) is 11.3 Å². The zero-order valence-electron chi connectivity index (χ0n) is 17.9. The first-order valence-electron chi connectivity index (χ1n) is 10.1. The van der Waals surface area contributed by atoms with E-state index >= 15 is 0 Å². The molecule has 0 radical (unpaired) electrons. The number of anilines is 1. The second kappa shape index (κ2) is 9.81. The number of thiazole rings is 1. The maximum absolute atomic E-state index is 12.7. The number of allylic oxidation sites excluding steroid dienone is 3. The lowest BCUT2D eigenvalue weighted by atomic mass is 10.1. The van der Waals surface area contributed by atoms with E-state index in [4.69, 9.17) is 9.47 Å². The number of amides is 1. The van der Waals surface area contributed by atoms with Gasteiger partial charge in [-0.25, -0.2) is 4.98 Å². The van der Waals surface area contributed by atoms with Crippen LogP contribution in [0.25, 0.3) is 0 Å². The number of nitrogens with zero attached hydrogens (tertiary/aromatic N) is 1. The maximum atomic E-state index is 12.7. The molecular formula is C22H27N2O5PS. The van der Waals surface area contributed by atoms with Crippen LogP contribution in [0.2, 0.25) is 0 Å². The second-order valence-electron chi connectivity index (χ2n) is 7.79. The van der Waals surface area contributed by atoms with Gasteiger partial charge in [0.2, 0.25) is 7.37 Å². The van der Waals surface area contributed by atoms with Crippen LogP contribution < -0.4 is 14.8 Å². The standard InChI is InChI=1S/C22H27N2O5PS/c1-14(2)28-18-11-16(21(25)24-22-23-9-10-31-22)12-19(13-18)29-17-5-7-20(8-6-17)30(26,27)15(3)4/h5-7,9-15,20H,8H2,1-4H3,(H,26,27)(H,23,24,25). The first-order chi connectivity index (χ1) is 14.6. The van der Waals surface area contributed by atoms with E-state index in [0.29, 0.717) is 34.4 Å². The lowest BCUT2D eigenvalue weighted by Gasteiger charge is -2.25. The van der Waals surface area contributed by atoms with Crippen LogP contribution in [0, 0.1) is 0 Å². The van der Waals surface area contributed by atoms with Gasteiger partial charge in [0.25, 0.3) is 5.91 Å². The minimum Gasteiger partial charge on any atom is -0.491 e. The van der Waals surface area contributed by atoms with Gasteiger partial charge in [0.15, 0.2) is 5.13 Å². The number of hydrogen-bond donors (Lipinski definition) is 2. The highest BCUT2D eigenvalue weighted by molar-refractivity contribution is 7.59. The Hall–Kier alpha value is -2.41. The Kier molecular flexibility index (Phi) is 7.36. The number of carbonyl (C=O) groups is 1. The van der Waals surface area contributed by atoms with Gasteiger partial charge >= 0.3 is 0 Å². The predicted octanol–water partition coefficient (Wildman–Crippen LogP) is 5.45. The Balaban J connectivity index is 1.79. The molecule has 1 heterocycles. The lowest BCUT2D eigenvalue weighted by Crippen LogP contribution is -2.15. The van der Waals surface area contributed by atoms with Gasteiger partial charge in [-0.2, -0.15) is 0 Å². The third-order valence-corrected chi connectivity index (χ3v) is 8.16. The Morgan fingerprint density at radius 3 is 2.58 bits per heavy atom. The van der Waals surface area contributed by atoms with Crippen LogP contribution in [-0.2, 0) is 4.57 Å². The largest absolute Gasteiger partial charge is 0.491 e. The van der Waals surface area contributed by atoms with Crippen LogP contribution in [0.4, 0.5) is 5.13 Å². The average Bonchev–Trinajstić information content (AvgIpc) is 3.20. The summed E-state index contributed by atoms with van der Waals surface area (Å²) in [4.78, 5) is 27.0. The topological polar surface area (TPSA) is 97.8 Å². The first-order valence-corrected chi connectivity index (χ1v) is 12.7. The van der Waals surface area contributed by atoms with Gasteiger partial charge in [0.05, 0.1) is 11.8 Å². The SMILES string of the molecule is CC(C)Oc1cc(OC2=CCC(P(=O)(O)C(C)C)C=C2)cc(C(=O)Nc2nccs2)c1. The quantitative estimate of drug-likeness (QED) is 0.506. The minimum absolute atomic E-state index is 0.0746. The molecule has 0 bridgehead atoms. The molecule has 31 heavy (non-hydrogen) atoms. The van der Waals surface area contributed by atoms with Crippen molar-refractivity contribution in [3.8, 4) is 11.5 Å². The molecule has 1 aromatic carbocycles. The van der Waals surface area contributed by atoms with Crippen molar-refractivity contribution in [3.05, 3.63) is 59.3 Å². The molecule has 1 aliphatic rings. The number of hydrogen-bond acceptors (Lipinski definition) is 6. The number of carbonyl (C=O) groups excluding carboxylic acids is 1. The van der Waals surface area contributed by atoms with Gasteiger partial charge in [-0.05, 0) is 44.6 Å². The molecule has 2 aromatic rings. The smallest absolute Gasteiger partial charge is 0.257 e. The van der Waals surface area contributed by atoms with Crippen molar-refractivity contribution in [1.82, 2.24) is 4.98 Å². The fraction of sp³-hybridized carbons (Fsp3) is 0.364. The molecule has 0 saturated heterocycles. The van der Waals surface area contributed by atoms with E-state index in [9.17, 15) is 14.3 Å². The predicted molar refractivity (Wildman–Crippen MR) is 123 cm³/mol. The normalized spacial score (nSPS) is 17.9. The van der Waals surface area contributed by atoms with Crippen molar-refractivity contribution in [2.24, 2.45) is 0 Å². The fourth-order valence-corrected chi connectivity index (χ4v) is 5.04. The van der Waals surface area contributed by atoms with E-state index in [-0.39, 0.29) is 17.7 Å². The molecule has 2 atom stereocenters. The molecule has 166 valence electrons. The van der Waals surface area contributed by atoms with E-state index in [0.717, 1.165) is 0 Å². The molecule has 7 nitrogen and oxygen atoms in total. The first kappa shape index (κ1) is 23.3. The van der Waals surface area contributed by atoms with E-state index in [1.807, 2.05) is 13.8 Å². The minimum atomic E-state index is -3.29. The number of rotatable bonds is 8. The van der Waals surface area contributed by atoms with Crippen LogP contribution in [0.5, 0.6) is 11.5 Å². The number of benzene rings is 1. The van der Waals surface area contributed by atoms with Gasteiger partial charge in [0.1, 0.15) is 17.3 Å². The van der Waals surface area contributed by atoms with Crippen LogP contribution in [0.15, 0.2) is 53.8 Å². The molecule has 2 N–H and O–H groups in total. The Labute approximate surface area is 186 Å². The third kappa shape index (κ3) is 6.06. The highest BCUT2D eigenvalue weighted by Crippen LogP contribution is 2.53. The number of nitrogens with one attached hydrogen (secondary N) is 1. The summed E-state index contributed by atoms with van der Waals surface area (Å²) in [6.07, 6.45) is 7.17. The van der Waals surface area contributed by atoms with E-state index in [1.165, 1.54) is 11.3 Å². The molecule has 2 unspecified atom stereocenters. The van der Waals surface area contributed by atoms with Crippen LogP contribution >= 0.6 is 18.7 Å². The fourth-order valence-electron chi connectivity index (χ4n) is 3.01. The van der Waals surface area contributed by atoms with Gasteiger partial charge in [-0.3, -0.25) is 14.7 Å². The van der Waals surface area contributed by atoms with Gasteiger partial charge < -0.3 is 14.4 Å². The summed E-state index contributed by atoms with van der Waals surface area (Å²) in [6, 6.07) is 5.00. The molecule has 1 amide bonds. The highest BCUT2D eigenvalue weighted by atomic mass is 32.1. The van der Waals surface area contributed by atoms with Crippen LogP contribution in [0.1, 0.15) is 44.5 Å². The zero-order valence-corrected chi connectivity index (χ0v) is 19.7. The van der Waals surface area contributed by atoms with Crippen molar-refractivity contribution in [2.45, 2.75) is 51.5 Å². The number of ether oxygens (including phenoxy) is 2. The molecular weight excluding hydrogens is 435 g/mol. The van der Waals surface area contributed by atoms with Crippen LogP contribution in [-0.4, -0.2) is 33.2 Å². The summed E-state index contributed by atoms with van der Waals surface area (Å²) in [6.45, 7) is 7.31. The summed E-state index contributed by atoms with van der Waals surface area (Å²) in [5.74, 6) is 1.18. The monoisotopic (exact) mass is 462 g/mol. The van der Waals surface area contributed by atoms with Crippen molar-refractivity contribution in [1.29, 1.82) is 0 Å². The molecule has 9 heteroatoms. The maximum Gasteiger partial charge on any atom is 0.257 e. The van der Waals surface area contributed by atoms with Gasteiger partial charge in [0, 0.05) is 28.9 Å². The number of aromatic nitrogens is 1. The van der Waals surface area contributed by atoms with Gasteiger partial charge in [-0.1, -0.05) is 19.9 Å². The summed E-state index contributed by atoms with van der Waals surface area (Å²) < 4.78 is 24.2. The van der Waals surface area contributed by atoms with Crippen molar-refractivity contribution >= 4 is 29.7 Å². The average molecular weight is 463 g/mol. The summed E-state index contributed by atoms with van der Waals surface area (Å²) >= 11 is 1.33. The molecule has 1 aliphatic carbocycles. The third-order valence-electron chi connectivity index (χ3n) is 4.66. The van der Waals surface area contributed by atoms with E-state index < -0.39 is 13.0 Å². The summed E-state index contributed by atoms with van der Waals surface area (Å²) in [7, 11) is -3.29. The molecule has 3 rings (SSSR count). The van der Waals surface area contributed by atoms with Crippen molar-refractivity contribution < 1.29 is 23.7 Å². The van der Waals surface area contributed by atoms with Crippen molar-refractivity contribution in [3.63, 3.8) is 0 Å². The molecule has 0 aliphatic heterocycles.